The summed E-state index contributed by atoms with van der Waals surface area (Å²) in [4.78, 5) is 24.1. The van der Waals surface area contributed by atoms with Crippen LogP contribution in [0, 0.1) is 6.92 Å². The standard InChI is InChI=1S/C23H24N4O3S/c1-16-15-24-23(25-18-6-8-19(9-7-18)27-10-12-30-13-11-27)26-21(16)31-20-5-3-4-17(14-20)22(28)29-2/h3-9,14-15H,10-13H2,1-2H3,(H,24,25,26). The zero-order valence-electron chi connectivity index (χ0n) is 17.5. The quantitative estimate of drug-likeness (QED) is 0.453. The third-order valence-electron chi connectivity index (χ3n) is 4.89. The van der Waals surface area contributed by atoms with Crippen molar-refractivity contribution in [2.24, 2.45) is 0 Å². The number of anilines is 3. The molecule has 1 fully saturated rings. The van der Waals surface area contributed by atoms with Crippen molar-refractivity contribution in [1.29, 1.82) is 0 Å². The van der Waals surface area contributed by atoms with Crippen molar-refractivity contribution in [3.63, 3.8) is 0 Å². The Morgan fingerprint density at radius 3 is 2.68 bits per heavy atom. The first-order valence-electron chi connectivity index (χ1n) is 10.0. The van der Waals surface area contributed by atoms with Gasteiger partial charge in [-0.25, -0.2) is 14.8 Å². The molecule has 0 amide bonds. The minimum absolute atomic E-state index is 0.357. The van der Waals surface area contributed by atoms with Gasteiger partial charge in [0.1, 0.15) is 5.03 Å². The second kappa shape index (κ2) is 9.80. The van der Waals surface area contributed by atoms with Crippen molar-refractivity contribution < 1.29 is 14.3 Å². The van der Waals surface area contributed by atoms with Crippen molar-refractivity contribution in [1.82, 2.24) is 9.97 Å². The van der Waals surface area contributed by atoms with E-state index in [1.54, 1.807) is 18.3 Å². The molecule has 0 spiro atoms. The van der Waals surface area contributed by atoms with Crippen molar-refractivity contribution in [3.8, 4) is 0 Å². The maximum absolute atomic E-state index is 11.8. The van der Waals surface area contributed by atoms with Crippen LogP contribution in [0.3, 0.4) is 0 Å². The fourth-order valence-electron chi connectivity index (χ4n) is 3.21. The number of carbonyl (C=O) groups is 1. The number of carbonyl (C=O) groups excluding carboxylic acids is 1. The van der Waals surface area contributed by atoms with Crippen LogP contribution in [0.2, 0.25) is 0 Å². The molecule has 1 aliphatic heterocycles. The highest BCUT2D eigenvalue weighted by Gasteiger charge is 2.12. The largest absolute Gasteiger partial charge is 0.465 e. The highest BCUT2D eigenvalue weighted by atomic mass is 32.2. The number of aryl methyl sites for hydroxylation is 1. The third kappa shape index (κ3) is 5.34. The van der Waals surface area contributed by atoms with Crippen LogP contribution in [0.1, 0.15) is 15.9 Å². The van der Waals surface area contributed by atoms with Gasteiger partial charge < -0.3 is 19.7 Å². The van der Waals surface area contributed by atoms with E-state index in [9.17, 15) is 4.79 Å². The Morgan fingerprint density at radius 1 is 1.16 bits per heavy atom. The summed E-state index contributed by atoms with van der Waals surface area (Å²) >= 11 is 1.48. The molecule has 1 aromatic heterocycles. The second-order valence-electron chi connectivity index (χ2n) is 7.07. The Bertz CT molecular complexity index is 1050. The summed E-state index contributed by atoms with van der Waals surface area (Å²) in [5, 5.41) is 4.10. The van der Waals surface area contributed by atoms with Crippen LogP contribution < -0.4 is 10.2 Å². The molecule has 0 bridgehead atoms. The van der Waals surface area contributed by atoms with Crippen LogP contribution in [0.5, 0.6) is 0 Å². The molecule has 1 aliphatic rings. The van der Waals surface area contributed by atoms with Gasteiger partial charge in [-0.1, -0.05) is 17.8 Å². The summed E-state index contributed by atoms with van der Waals surface area (Å²) in [5.74, 6) is 0.168. The first-order chi connectivity index (χ1) is 15.1. The third-order valence-corrected chi connectivity index (χ3v) is 5.99. The number of nitrogens with one attached hydrogen (secondary N) is 1. The lowest BCUT2D eigenvalue weighted by Crippen LogP contribution is -2.36. The number of aromatic nitrogens is 2. The van der Waals surface area contributed by atoms with Crippen molar-refractivity contribution in [3.05, 3.63) is 65.9 Å². The molecular formula is C23H24N4O3S. The van der Waals surface area contributed by atoms with Crippen LogP contribution in [-0.4, -0.2) is 49.4 Å². The maximum Gasteiger partial charge on any atom is 0.337 e. The number of hydrogen-bond acceptors (Lipinski definition) is 8. The number of benzene rings is 2. The summed E-state index contributed by atoms with van der Waals surface area (Å²) < 4.78 is 10.2. The summed E-state index contributed by atoms with van der Waals surface area (Å²) in [7, 11) is 1.38. The Balaban J connectivity index is 1.47. The first kappa shape index (κ1) is 21.1. The van der Waals surface area contributed by atoms with Gasteiger partial charge in [0, 0.05) is 41.1 Å². The molecule has 3 aromatic rings. The van der Waals surface area contributed by atoms with Gasteiger partial charge in [-0.05, 0) is 49.4 Å². The highest BCUT2D eigenvalue weighted by molar-refractivity contribution is 7.99. The molecule has 0 atom stereocenters. The average Bonchev–Trinajstić information content (AvgIpc) is 2.82. The number of nitrogens with zero attached hydrogens (tertiary/aromatic N) is 3. The van der Waals surface area contributed by atoms with Gasteiger partial charge >= 0.3 is 5.97 Å². The number of esters is 1. The van der Waals surface area contributed by atoms with E-state index in [2.05, 4.69) is 32.3 Å². The zero-order valence-corrected chi connectivity index (χ0v) is 18.3. The number of morpholine rings is 1. The van der Waals surface area contributed by atoms with E-state index in [1.165, 1.54) is 24.6 Å². The van der Waals surface area contributed by atoms with Crippen LogP contribution in [0.4, 0.5) is 17.3 Å². The van der Waals surface area contributed by atoms with Gasteiger partial charge in [-0.15, -0.1) is 0 Å². The summed E-state index contributed by atoms with van der Waals surface area (Å²) in [6.45, 7) is 5.31. The normalized spacial score (nSPS) is 13.7. The van der Waals surface area contributed by atoms with Gasteiger partial charge in [0.05, 0.1) is 25.9 Å². The molecule has 7 nitrogen and oxygen atoms in total. The Morgan fingerprint density at radius 2 is 1.94 bits per heavy atom. The predicted molar refractivity (Wildman–Crippen MR) is 121 cm³/mol. The molecule has 0 radical (unpaired) electrons. The fourth-order valence-corrected chi connectivity index (χ4v) is 4.11. The van der Waals surface area contributed by atoms with Crippen LogP contribution in [-0.2, 0) is 9.47 Å². The molecule has 31 heavy (non-hydrogen) atoms. The van der Waals surface area contributed by atoms with Gasteiger partial charge in [0.25, 0.3) is 0 Å². The van der Waals surface area contributed by atoms with Crippen molar-refractivity contribution >= 4 is 35.1 Å². The number of hydrogen-bond donors (Lipinski definition) is 1. The molecule has 1 saturated heterocycles. The number of ether oxygens (including phenoxy) is 2. The molecule has 0 saturated carbocycles. The molecule has 1 N–H and O–H groups in total. The van der Waals surface area contributed by atoms with E-state index in [4.69, 9.17) is 9.47 Å². The minimum atomic E-state index is -0.357. The molecule has 0 unspecified atom stereocenters. The highest BCUT2D eigenvalue weighted by Crippen LogP contribution is 2.30. The second-order valence-corrected chi connectivity index (χ2v) is 8.14. The summed E-state index contributed by atoms with van der Waals surface area (Å²) in [6.07, 6.45) is 1.80. The van der Waals surface area contributed by atoms with E-state index in [0.717, 1.165) is 47.5 Å². The fraction of sp³-hybridized carbons (Fsp3) is 0.261. The predicted octanol–water partition coefficient (Wildman–Crippen LogP) is 4.30. The SMILES string of the molecule is COC(=O)c1cccc(Sc2nc(Nc3ccc(N4CCOCC4)cc3)ncc2C)c1. The lowest BCUT2D eigenvalue weighted by atomic mass is 10.2. The van der Waals surface area contributed by atoms with Crippen LogP contribution in [0.15, 0.2) is 64.6 Å². The number of methoxy groups -OCH3 is 1. The van der Waals surface area contributed by atoms with Gasteiger partial charge in [0.15, 0.2) is 0 Å². The van der Waals surface area contributed by atoms with E-state index < -0.39 is 0 Å². The van der Waals surface area contributed by atoms with Crippen molar-refractivity contribution in [2.45, 2.75) is 16.8 Å². The van der Waals surface area contributed by atoms with E-state index in [0.29, 0.717) is 11.5 Å². The van der Waals surface area contributed by atoms with Gasteiger partial charge in [-0.2, -0.15) is 0 Å². The monoisotopic (exact) mass is 436 g/mol. The minimum Gasteiger partial charge on any atom is -0.465 e. The molecule has 2 heterocycles. The molecule has 160 valence electrons. The van der Waals surface area contributed by atoms with E-state index in [-0.39, 0.29) is 5.97 Å². The van der Waals surface area contributed by atoms with E-state index >= 15 is 0 Å². The Labute approximate surface area is 185 Å². The summed E-state index contributed by atoms with van der Waals surface area (Å²) in [6, 6.07) is 15.6. The Hall–Kier alpha value is -3.10. The molecule has 4 rings (SSSR count). The summed E-state index contributed by atoms with van der Waals surface area (Å²) in [5.41, 5.74) is 3.57. The van der Waals surface area contributed by atoms with Crippen molar-refractivity contribution in [2.75, 3.05) is 43.6 Å². The lowest BCUT2D eigenvalue weighted by Gasteiger charge is -2.28. The van der Waals surface area contributed by atoms with E-state index in [1.807, 2.05) is 31.2 Å². The van der Waals surface area contributed by atoms with Gasteiger partial charge in [-0.3, -0.25) is 0 Å². The smallest absolute Gasteiger partial charge is 0.337 e. The average molecular weight is 437 g/mol. The topological polar surface area (TPSA) is 76.6 Å². The molecule has 2 aromatic carbocycles. The molecule has 0 aliphatic carbocycles. The van der Waals surface area contributed by atoms with Crippen LogP contribution in [0.25, 0.3) is 0 Å². The molecular weight excluding hydrogens is 412 g/mol. The first-order valence-corrected chi connectivity index (χ1v) is 10.8. The van der Waals surface area contributed by atoms with Crippen LogP contribution >= 0.6 is 11.8 Å². The Kier molecular flexibility index (Phi) is 6.69. The zero-order chi connectivity index (χ0) is 21.6. The molecule has 8 heteroatoms. The van der Waals surface area contributed by atoms with Gasteiger partial charge in [0.2, 0.25) is 5.95 Å². The maximum atomic E-state index is 11.8. The lowest BCUT2D eigenvalue weighted by molar-refractivity contribution is 0.0600. The number of rotatable bonds is 6.